The van der Waals surface area contributed by atoms with Gasteiger partial charge in [-0.25, -0.2) is 4.98 Å². The number of carbonyl (C=O) groups is 2. The number of aliphatic carboxylic acids is 1. The number of para-hydroxylation sites is 1. The molecule has 0 fully saturated rings. The third kappa shape index (κ3) is 5.32. The van der Waals surface area contributed by atoms with Gasteiger partial charge in [0.15, 0.2) is 0 Å². The molecule has 0 atom stereocenters. The summed E-state index contributed by atoms with van der Waals surface area (Å²) in [5.74, 6) is 0.358. The molecule has 0 spiro atoms. The van der Waals surface area contributed by atoms with E-state index in [4.69, 9.17) is 5.11 Å². The summed E-state index contributed by atoms with van der Waals surface area (Å²) < 4.78 is 0. The van der Waals surface area contributed by atoms with Gasteiger partial charge in [0.05, 0.1) is 16.7 Å². The maximum Gasteiger partial charge on any atom is 0.323 e. The van der Waals surface area contributed by atoms with Gasteiger partial charge in [0.2, 0.25) is 5.91 Å². The number of thioether (sulfide) groups is 1. The summed E-state index contributed by atoms with van der Waals surface area (Å²) in [4.78, 5) is 43.5. The Morgan fingerprint density at radius 1 is 1.32 bits per heavy atom. The maximum absolute atomic E-state index is 12.1. The molecule has 0 saturated carbocycles. The number of benzene rings is 1. The number of fused-ring (bicyclic) bond motifs is 1. The number of carboxylic acids is 1. The van der Waals surface area contributed by atoms with E-state index in [1.807, 2.05) is 6.07 Å². The van der Waals surface area contributed by atoms with E-state index in [9.17, 15) is 14.4 Å². The number of nitrogens with zero attached hydrogens (tertiary/aromatic N) is 2. The molecule has 1 amide bonds. The Kier molecular flexibility index (Phi) is 6.58. The minimum Gasteiger partial charge on any atom is -0.480 e. The standard InChI is InChI=1S/C17H21N3O4S/c1-11(2)20(9-16(22)23)15(21)7-8-25-10-14-18-13-6-4-3-5-12(13)17(24)19-14/h3-6,11H,7-10H2,1-2H3,(H,22,23)(H,18,19,24). The highest BCUT2D eigenvalue weighted by molar-refractivity contribution is 7.98. The minimum absolute atomic E-state index is 0.160. The molecule has 1 heterocycles. The Bertz CT molecular complexity index is 819. The van der Waals surface area contributed by atoms with Crippen LogP contribution in [0.4, 0.5) is 0 Å². The fourth-order valence-electron chi connectivity index (χ4n) is 2.38. The fraction of sp³-hybridized carbons (Fsp3) is 0.412. The zero-order chi connectivity index (χ0) is 18.4. The van der Waals surface area contributed by atoms with Crippen LogP contribution in [0.25, 0.3) is 10.9 Å². The normalized spacial score (nSPS) is 11.0. The fourth-order valence-corrected chi connectivity index (χ4v) is 3.17. The number of carbonyl (C=O) groups excluding carboxylic acids is 1. The Labute approximate surface area is 149 Å². The Hall–Kier alpha value is -2.35. The molecule has 2 rings (SSSR count). The van der Waals surface area contributed by atoms with Crippen molar-refractivity contribution in [2.45, 2.75) is 32.1 Å². The molecule has 0 unspecified atom stereocenters. The molecule has 2 aromatic rings. The van der Waals surface area contributed by atoms with Gasteiger partial charge in [-0.15, -0.1) is 0 Å². The van der Waals surface area contributed by atoms with Gasteiger partial charge in [-0.2, -0.15) is 11.8 Å². The number of amides is 1. The molecule has 25 heavy (non-hydrogen) atoms. The van der Waals surface area contributed by atoms with Gasteiger partial charge in [-0.1, -0.05) is 12.1 Å². The molecular weight excluding hydrogens is 342 g/mol. The second-order valence-electron chi connectivity index (χ2n) is 5.84. The van der Waals surface area contributed by atoms with E-state index in [0.717, 1.165) is 0 Å². The molecule has 8 heteroatoms. The van der Waals surface area contributed by atoms with Crippen LogP contribution >= 0.6 is 11.8 Å². The lowest BCUT2D eigenvalue weighted by Crippen LogP contribution is -2.40. The van der Waals surface area contributed by atoms with Crippen molar-refractivity contribution in [1.29, 1.82) is 0 Å². The van der Waals surface area contributed by atoms with Gasteiger partial charge in [-0.05, 0) is 26.0 Å². The average Bonchev–Trinajstić information content (AvgIpc) is 2.56. The lowest BCUT2D eigenvalue weighted by atomic mass is 10.2. The topological polar surface area (TPSA) is 103 Å². The Balaban J connectivity index is 1.89. The molecule has 0 aliphatic heterocycles. The van der Waals surface area contributed by atoms with Crippen LogP contribution in [0.2, 0.25) is 0 Å². The van der Waals surface area contributed by atoms with Crippen molar-refractivity contribution >= 4 is 34.5 Å². The first-order valence-electron chi connectivity index (χ1n) is 7.95. The Morgan fingerprint density at radius 2 is 2.04 bits per heavy atom. The van der Waals surface area contributed by atoms with Crippen LogP contribution in [0.3, 0.4) is 0 Å². The van der Waals surface area contributed by atoms with Gasteiger partial charge >= 0.3 is 5.97 Å². The average molecular weight is 363 g/mol. The van der Waals surface area contributed by atoms with Crippen LogP contribution in [-0.2, 0) is 15.3 Å². The summed E-state index contributed by atoms with van der Waals surface area (Å²) in [6, 6.07) is 6.96. The number of H-pyrrole nitrogens is 1. The number of hydrogen-bond donors (Lipinski definition) is 2. The summed E-state index contributed by atoms with van der Waals surface area (Å²) >= 11 is 1.47. The van der Waals surface area contributed by atoms with E-state index < -0.39 is 5.97 Å². The number of aromatic amines is 1. The highest BCUT2D eigenvalue weighted by Gasteiger charge is 2.19. The summed E-state index contributed by atoms with van der Waals surface area (Å²) in [6.45, 7) is 3.29. The van der Waals surface area contributed by atoms with Crippen LogP contribution in [0.5, 0.6) is 0 Å². The first-order chi connectivity index (χ1) is 11.9. The van der Waals surface area contributed by atoms with E-state index in [0.29, 0.717) is 28.2 Å². The second kappa shape index (κ2) is 8.66. The third-order valence-electron chi connectivity index (χ3n) is 3.61. The summed E-state index contributed by atoms with van der Waals surface area (Å²) in [5.41, 5.74) is 0.468. The lowest BCUT2D eigenvalue weighted by molar-refractivity contribution is -0.145. The van der Waals surface area contributed by atoms with E-state index >= 15 is 0 Å². The summed E-state index contributed by atoms with van der Waals surface area (Å²) in [5, 5.41) is 9.42. The number of carboxylic acid groups (broad SMARTS) is 1. The first-order valence-corrected chi connectivity index (χ1v) is 9.11. The summed E-state index contributed by atoms with van der Waals surface area (Å²) in [7, 11) is 0. The molecule has 7 nitrogen and oxygen atoms in total. The summed E-state index contributed by atoms with van der Waals surface area (Å²) in [6.07, 6.45) is 0.244. The molecule has 2 N–H and O–H groups in total. The van der Waals surface area contributed by atoms with Crippen molar-refractivity contribution in [3.63, 3.8) is 0 Å². The molecule has 0 bridgehead atoms. The number of hydrogen-bond acceptors (Lipinski definition) is 5. The van der Waals surface area contributed by atoms with E-state index in [2.05, 4.69) is 9.97 Å². The molecule has 1 aromatic carbocycles. The van der Waals surface area contributed by atoms with E-state index in [-0.39, 0.29) is 30.5 Å². The van der Waals surface area contributed by atoms with Crippen LogP contribution in [0, 0.1) is 0 Å². The predicted molar refractivity (Wildman–Crippen MR) is 97.6 cm³/mol. The van der Waals surface area contributed by atoms with Crippen molar-refractivity contribution in [2.75, 3.05) is 12.3 Å². The van der Waals surface area contributed by atoms with Gasteiger partial charge in [-0.3, -0.25) is 14.4 Å². The zero-order valence-electron chi connectivity index (χ0n) is 14.2. The second-order valence-corrected chi connectivity index (χ2v) is 6.95. The molecule has 0 aliphatic carbocycles. The monoisotopic (exact) mass is 363 g/mol. The van der Waals surface area contributed by atoms with Crippen molar-refractivity contribution in [1.82, 2.24) is 14.9 Å². The zero-order valence-corrected chi connectivity index (χ0v) is 15.0. The van der Waals surface area contributed by atoms with Gasteiger partial charge in [0, 0.05) is 18.2 Å². The molecular formula is C17H21N3O4S. The van der Waals surface area contributed by atoms with Crippen molar-refractivity contribution in [3.05, 3.63) is 40.4 Å². The van der Waals surface area contributed by atoms with Crippen LogP contribution < -0.4 is 5.56 Å². The number of rotatable bonds is 8. The molecule has 134 valence electrons. The van der Waals surface area contributed by atoms with Crippen molar-refractivity contribution in [2.24, 2.45) is 0 Å². The molecule has 0 aliphatic rings. The highest BCUT2D eigenvalue weighted by atomic mass is 32.2. The first kappa shape index (κ1) is 19.0. The molecule has 0 saturated heterocycles. The SMILES string of the molecule is CC(C)N(CC(=O)O)C(=O)CCSCc1nc2ccccc2c(=O)[nH]1. The van der Waals surface area contributed by atoms with Gasteiger partial charge < -0.3 is 15.0 Å². The van der Waals surface area contributed by atoms with Gasteiger partial charge in [0.25, 0.3) is 5.56 Å². The van der Waals surface area contributed by atoms with Crippen molar-refractivity contribution in [3.8, 4) is 0 Å². The maximum atomic E-state index is 12.1. The molecule has 0 radical (unpaired) electrons. The Morgan fingerprint density at radius 3 is 2.72 bits per heavy atom. The lowest BCUT2D eigenvalue weighted by Gasteiger charge is -2.24. The van der Waals surface area contributed by atoms with Gasteiger partial charge in [0.1, 0.15) is 12.4 Å². The highest BCUT2D eigenvalue weighted by Crippen LogP contribution is 2.13. The number of aromatic nitrogens is 2. The quantitative estimate of drug-likeness (QED) is 0.694. The van der Waals surface area contributed by atoms with E-state index in [1.54, 1.807) is 32.0 Å². The molecule has 1 aromatic heterocycles. The number of nitrogens with one attached hydrogen (secondary N) is 1. The third-order valence-corrected chi connectivity index (χ3v) is 4.58. The van der Waals surface area contributed by atoms with Crippen LogP contribution in [0.1, 0.15) is 26.1 Å². The smallest absolute Gasteiger partial charge is 0.323 e. The van der Waals surface area contributed by atoms with Crippen molar-refractivity contribution < 1.29 is 14.7 Å². The van der Waals surface area contributed by atoms with Crippen LogP contribution in [0.15, 0.2) is 29.1 Å². The predicted octanol–water partition coefficient (Wildman–Crippen LogP) is 1.87. The van der Waals surface area contributed by atoms with Crippen LogP contribution in [-0.4, -0.2) is 50.2 Å². The minimum atomic E-state index is -1.02. The largest absolute Gasteiger partial charge is 0.480 e. The van der Waals surface area contributed by atoms with E-state index in [1.165, 1.54) is 16.7 Å².